The Kier molecular flexibility index (Phi) is 7.04. The van der Waals surface area contributed by atoms with Crippen molar-refractivity contribution in [2.75, 3.05) is 40.3 Å². The Morgan fingerprint density at radius 3 is 2.40 bits per heavy atom. The average molecular weight is 584 g/mol. The van der Waals surface area contributed by atoms with Crippen molar-refractivity contribution in [2.24, 2.45) is 0 Å². The molecule has 2 N–H and O–H groups in total. The minimum absolute atomic E-state index is 0.00590. The summed E-state index contributed by atoms with van der Waals surface area (Å²) in [6.07, 6.45) is 8.77. The third kappa shape index (κ3) is 4.82. The molecule has 1 aliphatic heterocycles. The molecule has 13 heteroatoms. The lowest BCUT2D eigenvalue weighted by atomic mass is 10.0. The summed E-state index contributed by atoms with van der Waals surface area (Å²) < 4.78 is 30.2. The van der Waals surface area contributed by atoms with Gasteiger partial charge in [-0.25, -0.2) is 4.98 Å². The molecule has 5 aromatic rings. The number of allylic oxidation sites excluding steroid dienone is 1. The molecule has 4 aromatic heterocycles. The molecule has 0 spiro atoms. The Hall–Kier alpha value is -4.88. The molecule has 5 heterocycles. The number of amides is 1. The van der Waals surface area contributed by atoms with E-state index in [1.165, 1.54) is 16.8 Å². The van der Waals surface area contributed by atoms with E-state index in [2.05, 4.69) is 25.3 Å². The smallest absolute Gasteiger partial charge is 0.301 e. The van der Waals surface area contributed by atoms with Crippen LogP contribution in [0.1, 0.15) is 15.9 Å². The van der Waals surface area contributed by atoms with Crippen molar-refractivity contribution in [3.05, 3.63) is 84.6 Å². The fraction of sp³-hybridized carbons (Fsp3) is 0.207. The van der Waals surface area contributed by atoms with Gasteiger partial charge in [-0.05, 0) is 48.5 Å². The van der Waals surface area contributed by atoms with Crippen LogP contribution in [-0.4, -0.2) is 94.2 Å². The minimum Gasteiger partial charge on any atom is -0.393 e. The Morgan fingerprint density at radius 2 is 1.69 bits per heavy atom. The Labute approximate surface area is 242 Å². The van der Waals surface area contributed by atoms with Gasteiger partial charge in [0.2, 0.25) is 0 Å². The summed E-state index contributed by atoms with van der Waals surface area (Å²) in [6, 6.07) is 12.6. The standard InChI is InChI=1S/C29H29N9O3S/c1-31-15-24(14-30)23-13-26-25(32-16-23)17-34-38(26)42(40,41)28-18-33-27-8-7-22(19-37(27)28)20-3-5-21(6-4-20)29(39)36-11-9-35(2)10-12-36/h3-8,13-19,30-31H,9-12H2,1-2H3/b24-15+,30-14?. The second-order valence-electron chi connectivity index (χ2n) is 10.1. The van der Waals surface area contributed by atoms with Crippen molar-refractivity contribution in [1.82, 2.24) is 38.7 Å². The van der Waals surface area contributed by atoms with Crippen LogP contribution in [-0.2, 0) is 10.0 Å². The van der Waals surface area contributed by atoms with Gasteiger partial charge in [0.05, 0.1) is 12.4 Å². The lowest BCUT2D eigenvalue weighted by Gasteiger charge is -2.32. The predicted molar refractivity (Wildman–Crippen MR) is 160 cm³/mol. The van der Waals surface area contributed by atoms with E-state index in [0.717, 1.165) is 34.5 Å². The largest absolute Gasteiger partial charge is 0.393 e. The van der Waals surface area contributed by atoms with Crippen LogP contribution < -0.4 is 5.32 Å². The maximum atomic E-state index is 13.9. The molecule has 1 amide bonds. The molecule has 12 nitrogen and oxygen atoms in total. The SMILES string of the molecule is CN/C=C(\C=N)c1cnc2cnn(S(=O)(=O)c3cnc4ccc(-c5ccc(C(=O)N6CCN(C)CC6)cc5)cn34)c2c1. The summed E-state index contributed by atoms with van der Waals surface area (Å²) in [5.41, 5.74) is 4.45. The van der Waals surface area contributed by atoms with E-state index in [4.69, 9.17) is 5.41 Å². The third-order valence-electron chi connectivity index (χ3n) is 7.40. The highest BCUT2D eigenvalue weighted by molar-refractivity contribution is 7.90. The third-order valence-corrected chi connectivity index (χ3v) is 8.97. The number of hydrogen-bond donors (Lipinski definition) is 2. The molecular weight excluding hydrogens is 554 g/mol. The minimum atomic E-state index is -4.18. The van der Waals surface area contributed by atoms with Crippen molar-refractivity contribution in [2.45, 2.75) is 5.03 Å². The molecule has 0 atom stereocenters. The molecule has 42 heavy (non-hydrogen) atoms. The maximum Gasteiger partial charge on any atom is 0.301 e. The lowest BCUT2D eigenvalue weighted by molar-refractivity contribution is 0.0664. The number of nitrogens with zero attached hydrogens (tertiary/aromatic N) is 7. The number of nitrogens with one attached hydrogen (secondary N) is 2. The van der Waals surface area contributed by atoms with Gasteiger partial charge < -0.3 is 20.5 Å². The van der Waals surface area contributed by atoms with Gasteiger partial charge in [0, 0.05) is 74.7 Å². The van der Waals surface area contributed by atoms with Crippen LogP contribution in [0.2, 0.25) is 0 Å². The topological polar surface area (TPSA) is 142 Å². The Balaban J connectivity index is 1.34. The zero-order chi connectivity index (χ0) is 29.4. The second-order valence-corrected chi connectivity index (χ2v) is 11.8. The van der Waals surface area contributed by atoms with Gasteiger partial charge in [-0.15, -0.1) is 0 Å². The number of carbonyl (C=O) groups excluding carboxylic acids is 1. The number of rotatable bonds is 7. The molecule has 6 rings (SSSR count). The van der Waals surface area contributed by atoms with Crippen LogP contribution in [0.5, 0.6) is 0 Å². The molecule has 1 aliphatic rings. The Bertz CT molecular complexity index is 1950. The van der Waals surface area contributed by atoms with E-state index < -0.39 is 10.0 Å². The molecule has 0 radical (unpaired) electrons. The number of likely N-dealkylation sites (N-methyl/N-ethyl adjacent to an activating group) is 1. The monoisotopic (exact) mass is 583 g/mol. The highest BCUT2D eigenvalue weighted by atomic mass is 32.2. The van der Waals surface area contributed by atoms with E-state index in [9.17, 15) is 13.2 Å². The van der Waals surface area contributed by atoms with Crippen molar-refractivity contribution in [3.63, 3.8) is 0 Å². The zero-order valence-corrected chi connectivity index (χ0v) is 23.9. The maximum absolute atomic E-state index is 13.9. The van der Waals surface area contributed by atoms with Crippen LogP contribution >= 0.6 is 0 Å². The number of benzene rings is 1. The first-order valence-electron chi connectivity index (χ1n) is 13.3. The van der Waals surface area contributed by atoms with Gasteiger partial charge in [-0.2, -0.15) is 17.6 Å². The van der Waals surface area contributed by atoms with Gasteiger partial charge in [0.25, 0.3) is 5.91 Å². The van der Waals surface area contributed by atoms with Gasteiger partial charge in [-0.1, -0.05) is 12.1 Å². The molecular formula is C29H29N9O3S. The molecule has 1 aromatic carbocycles. The second kappa shape index (κ2) is 10.8. The first-order valence-corrected chi connectivity index (χ1v) is 14.8. The molecule has 1 saturated heterocycles. The first-order chi connectivity index (χ1) is 20.3. The number of carbonyl (C=O) groups is 1. The summed E-state index contributed by atoms with van der Waals surface area (Å²) in [4.78, 5) is 25.7. The zero-order valence-electron chi connectivity index (χ0n) is 23.1. The summed E-state index contributed by atoms with van der Waals surface area (Å²) >= 11 is 0. The molecule has 1 fully saturated rings. The lowest BCUT2D eigenvalue weighted by Crippen LogP contribution is -2.47. The van der Waals surface area contributed by atoms with E-state index in [0.29, 0.717) is 41.0 Å². The highest BCUT2D eigenvalue weighted by Gasteiger charge is 2.26. The average Bonchev–Trinajstić information content (AvgIpc) is 3.65. The van der Waals surface area contributed by atoms with Crippen LogP contribution in [0, 0.1) is 5.41 Å². The van der Waals surface area contributed by atoms with Crippen LogP contribution in [0.3, 0.4) is 0 Å². The van der Waals surface area contributed by atoms with E-state index in [1.807, 2.05) is 30.1 Å². The van der Waals surface area contributed by atoms with E-state index >= 15 is 0 Å². The highest BCUT2D eigenvalue weighted by Crippen LogP contribution is 2.26. The molecule has 214 valence electrons. The normalized spacial score (nSPS) is 14.9. The van der Waals surface area contributed by atoms with Gasteiger partial charge >= 0.3 is 10.0 Å². The number of aromatic nitrogens is 5. The summed E-state index contributed by atoms with van der Waals surface area (Å²) in [5.74, 6) is 0.00590. The molecule has 0 aliphatic carbocycles. The van der Waals surface area contributed by atoms with Gasteiger partial charge in [-0.3, -0.25) is 14.2 Å². The fourth-order valence-electron chi connectivity index (χ4n) is 5.00. The molecule has 0 bridgehead atoms. The van der Waals surface area contributed by atoms with Gasteiger partial charge in [0.15, 0.2) is 5.03 Å². The number of fused-ring (bicyclic) bond motifs is 2. The summed E-state index contributed by atoms with van der Waals surface area (Å²) in [7, 11) is -0.417. The number of pyridine rings is 2. The quantitative estimate of drug-likeness (QED) is 0.279. The van der Waals surface area contributed by atoms with Crippen molar-refractivity contribution in [3.8, 4) is 11.1 Å². The Morgan fingerprint density at radius 1 is 0.952 bits per heavy atom. The van der Waals surface area contributed by atoms with Crippen molar-refractivity contribution < 1.29 is 13.2 Å². The molecule has 0 unspecified atom stereocenters. The van der Waals surface area contributed by atoms with E-state index in [-0.39, 0.29) is 16.4 Å². The predicted octanol–water partition coefficient (Wildman–Crippen LogP) is 2.58. The van der Waals surface area contributed by atoms with Crippen molar-refractivity contribution >= 4 is 44.4 Å². The summed E-state index contributed by atoms with van der Waals surface area (Å²) in [5, 5.41) is 14.7. The fourth-order valence-corrected chi connectivity index (χ4v) is 6.34. The number of piperazine rings is 1. The van der Waals surface area contributed by atoms with Crippen molar-refractivity contribution in [1.29, 1.82) is 5.41 Å². The van der Waals surface area contributed by atoms with Crippen LogP contribution in [0.4, 0.5) is 0 Å². The summed E-state index contributed by atoms with van der Waals surface area (Å²) in [6.45, 7) is 3.10. The number of imidazole rings is 1. The van der Waals surface area contributed by atoms with E-state index in [1.54, 1.807) is 49.9 Å². The molecule has 0 saturated carbocycles. The first kappa shape index (κ1) is 27.3. The number of hydrogen-bond acceptors (Lipinski definition) is 9. The van der Waals surface area contributed by atoms with Crippen LogP contribution in [0.15, 0.2) is 78.5 Å². The van der Waals surface area contributed by atoms with Gasteiger partial charge in [0.1, 0.15) is 16.7 Å². The van der Waals surface area contributed by atoms with Crippen LogP contribution in [0.25, 0.3) is 33.4 Å².